The fourth-order valence-electron chi connectivity index (χ4n) is 1.03. The van der Waals surface area contributed by atoms with Crippen LogP contribution in [0.2, 0.25) is 0 Å². The van der Waals surface area contributed by atoms with E-state index in [0.717, 1.165) is 5.75 Å². The number of nitrogens with one attached hydrogen (secondary N) is 1. The highest BCUT2D eigenvalue weighted by Gasteiger charge is 1.97. The van der Waals surface area contributed by atoms with Crippen LogP contribution >= 0.6 is 11.8 Å². The number of thioether (sulfide) groups is 1. The molecule has 0 saturated heterocycles. The highest BCUT2D eigenvalue weighted by molar-refractivity contribution is 7.99. The van der Waals surface area contributed by atoms with Gasteiger partial charge in [-0.25, -0.2) is 0 Å². The van der Waals surface area contributed by atoms with E-state index in [1.165, 1.54) is 10.6 Å². The molecule has 1 aromatic rings. The molecule has 13 heavy (non-hydrogen) atoms. The summed E-state index contributed by atoms with van der Waals surface area (Å²) >= 11 is 1.85. The summed E-state index contributed by atoms with van der Waals surface area (Å²) < 4.78 is 0. The topological polar surface area (TPSA) is 12.0 Å². The number of allylic oxidation sites excluding steroid dienone is 1. The molecule has 0 bridgehead atoms. The van der Waals surface area contributed by atoms with Gasteiger partial charge in [0, 0.05) is 23.4 Å². The molecule has 0 aliphatic rings. The van der Waals surface area contributed by atoms with Gasteiger partial charge in [-0.05, 0) is 19.1 Å². The molecule has 1 nitrogen and oxygen atoms in total. The lowest BCUT2D eigenvalue weighted by atomic mass is 10.3. The van der Waals surface area contributed by atoms with Gasteiger partial charge in [0.25, 0.3) is 0 Å². The molecule has 0 amide bonds. The Kier molecular flexibility index (Phi) is 4.47. The van der Waals surface area contributed by atoms with E-state index >= 15 is 0 Å². The summed E-state index contributed by atoms with van der Waals surface area (Å²) in [5.41, 5.74) is 1.21. The zero-order chi connectivity index (χ0) is 9.52. The van der Waals surface area contributed by atoms with Gasteiger partial charge in [-0.3, -0.25) is 0 Å². The van der Waals surface area contributed by atoms with Gasteiger partial charge in [0.1, 0.15) is 0 Å². The molecule has 0 saturated carbocycles. The molecule has 1 N–H and O–H groups in total. The van der Waals surface area contributed by atoms with Crippen LogP contribution in [-0.4, -0.2) is 12.8 Å². The van der Waals surface area contributed by atoms with Crippen LogP contribution in [0.1, 0.15) is 6.92 Å². The van der Waals surface area contributed by atoms with Crippen LogP contribution in [0.3, 0.4) is 0 Å². The Hall–Kier alpha value is -0.890. The third-order valence-electron chi connectivity index (χ3n) is 1.73. The van der Waals surface area contributed by atoms with Crippen LogP contribution in [0, 0.1) is 0 Å². The van der Waals surface area contributed by atoms with Crippen molar-refractivity contribution in [2.75, 3.05) is 18.1 Å². The Morgan fingerprint density at radius 2 is 2.15 bits per heavy atom. The Labute approximate surface area is 84.2 Å². The van der Waals surface area contributed by atoms with E-state index in [9.17, 15) is 0 Å². The van der Waals surface area contributed by atoms with Crippen LogP contribution in [0.15, 0.2) is 41.3 Å². The van der Waals surface area contributed by atoms with Crippen molar-refractivity contribution in [2.24, 2.45) is 0 Å². The van der Waals surface area contributed by atoms with Crippen LogP contribution in [0.4, 0.5) is 5.69 Å². The van der Waals surface area contributed by atoms with Gasteiger partial charge in [0.2, 0.25) is 0 Å². The summed E-state index contributed by atoms with van der Waals surface area (Å²) in [5, 5.41) is 3.18. The quantitative estimate of drug-likeness (QED) is 0.581. The van der Waals surface area contributed by atoms with Crippen molar-refractivity contribution in [3.63, 3.8) is 0 Å². The minimum atomic E-state index is 1.04. The Balaban J connectivity index is 2.64. The summed E-state index contributed by atoms with van der Waals surface area (Å²) in [6.45, 7) is 2.05. The largest absolute Gasteiger partial charge is 0.387 e. The molecule has 1 rings (SSSR count). The third kappa shape index (κ3) is 3.15. The predicted molar refractivity (Wildman–Crippen MR) is 61.5 cm³/mol. The average molecular weight is 193 g/mol. The predicted octanol–water partition coefficient (Wildman–Crippen LogP) is 3.40. The first-order valence-corrected chi connectivity index (χ1v) is 5.37. The average Bonchev–Trinajstić information content (AvgIpc) is 2.19. The second-order valence-corrected chi connectivity index (χ2v) is 3.69. The molecule has 0 heterocycles. The van der Waals surface area contributed by atoms with Crippen LogP contribution in [-0.2, 0) is 0 Å². The summed E-state index contributed by atoms with van der Waals surface area (Å²) in [6.07, 6.45) is 4.24. The number of hydrogen-bond acceptors (Lipinski definition) is 2. The first-order valence-electron chi connectivity index (χ1n) is 4.39. The minimum Gasteiger partial charge on any atom is -0.387 e. The molecule has 0 aromatic heterocycles. The molecule has 0 aliphatic heterocycles. The highest BCUT2D eigenvalue weighted by Crippen LogP contribution is 2.26. The zero-order valence-electron chi connectivity index (χ0n) is 8.08. The van der Waals surface area contributed by atoms with E-state index in [1.807, 2.05) is 31.8 Å². The smallest absolute Gasteiger partial charge is 0.0475 e. The highest BCUT2D eigenvalue weighted by atomic mass is 32.2. The molecule has 0 atom stereocenters. The van der Waals surface area contributed by atoms with Gasteiger partial charge in [-0.2, -0.15) is 0 Å². The molecule has 70 valence electrons. The summed E-state index contributed by atoms with van der Waals surface area (Å²) in [6, 6.07) is 8.35. The molecule has 0 radical (unpaired) electrons. The number of rotatable bonds is 4. The van der Waals surface area contributed by atoms with Gasteiger partial charge >= 0.3 is 0 Å². The summed E-state index contributed by atoms with van der Waals surface area (Å²) in [4.78, 5) is 1.31. The van der Waals surface area contributed by atoms with E-state index in [1.54, 1.807) is 0 Å². The van der Waals surface area contributed by atoms with Gasteiger partial charge in [-0.15, -0.1) is 11.8 Å². The standard InChI is InChI=1S/C11H15NS/c1-3-4-9-13-11-8-6-5-7-10(11)12-2/h3-8,12H,9H2,1-2H3/b4-3+. The second kappa shape index (κ2) is 5.70. The van der Waals surface area contributed by atoms with Gasteiger partial charge < -0.3 is 5.32 Å². The first kappa shape index (κ1) is 10.2. The lowest BCUT2D eigenvalue weighted by Crippen LogP contribution is -1.89. The summed E-state index contributed by atoms with van der Waals surface area (Å²) in [5.74, 6) is 1.04. The Morgan fingerprint density at radius 3 is 2.85 bits per heavy atom. The van der Waals surface area contributed by atoms with Crippen LogP contribution < -0.4 is 5.32 Å². The van der Waals surface area contributed by atoms with E-state index < -0.39 is 0 Å². The molecule has 0 aliphatic carbocycles. The fraction of sp³-hybridized carbons (Fsp3) is 0.273. The van der Waals surface area contributed by atoms with Crippen molar-refractivity contribution in [1.29, 1.82) is 0 Å². The Morgan fingerprint density at radius 1 is 1.38 bits per heavy atom. The maximum Gasteiger partial charge on any atom is 0.0475 e. The van der Waals surface area contributed by atoms with Crippen LogP contribution in [0.5, 0.6) is 0 Å². The molecular formula is C11H15NS. The van der Waals surface area contributed by atoms with E-state index in [-0.39, 0.29) is 0 Å². The Bertz CT molecular complexity index is 281. The molecule has 0 unspecified atom stereocenters. The van der Waals surface area contributed by atoms with Gasteiger partial charge in [-0.1, -0.05) is 24.3 Å². The fourth-order valence-corrected chi connectivity index (χ4v) is 2.00. The van der Waals surface area contributed by atoms with Crippen molar-refractivity contribution in [3.8, 4) is 0 Å². The normalized spacial score (nSPS) is 10.6. The van der Waals surface area contributed by atoms with E-state index in [2.05, 4.69) is 35.7 Å². The molecule has 0 spiro atoms. The first-order chi connectivity index (χ1) is 6.38. The van der Waals surface area contributed by atoms with Crippen molar-refractivity contribution < 1.29 is 0 Å². The lowest BCUT2D eigenvalue weighted by Gasteiger charge is -2.06. The van der Waals surface area contributed by atoms with Crippen molar-refractivity contribution in [3.05, 3.63) is 36.4 Å². The second-order valence-electron chi connectivity index (χ2n) is 2.63. The zero-order valence-corrected chi connectivity index (χ0v) is 8.90. The molecule has 0 fully saturated rings. The SMILES string of the molecule is C/C=C/CSc1ccccc1NC. The van der Waals surface area contributed by atoms with Crippen molar-refractivity contribution in [1.82, 2.24) is 0 Å². The number of benzene rings is 1. The lowest BCUT2D eigenvalue weighted by molar-refractivity contribution is 1.38. The monoisotopic (exact) mass is 193 g/mol. The van der Waals surface area contributed by atoms with Crippen molar-refractivity contribution >= 4 is 17.4 Å². The molecule has 1 aromatic carbocycles. The maximum absolute atomic E-state index is 3.18. The molecule has 2 heteroatoms. The van der Waals surface area contributed by atoms with E-state index in [4.69, 9.17) is 0 Å². The van der Waals surface area contributed by atoms with Crippen molar-refractivity contribution in [2.45, 2.75) is 11.8 Å². The van der Waals surface area contributed by atoms with Gasteiger partial charge in [0.15, 0.2) is 0 Å². The number of hydrogen-bond donors (Lipinski definition) is 1. The maximum atomic E-state index is 3.18. The minimum absolute atomic E-state index is 1.04. The number of para-hydroxylation sites is 1. The van der Waals surface area contributed by atoms with Gasteiger partial charge in [0.05, 0.1) is 0 Å². The summed E-state index contributed by atoms with van der Waals surface area (Å²) in [7, 11) is 1.95. The third-order valence-corrected chi connectivity index (χ3v) is 2.75. The van der Waals surface area contributed by atoms with E-state index in [0.29, 0.717) is 0 Å². The number of anilines is 1. The van der Waals surface area contributed by atoms with Crippen LogP contribution in [0.25, 0.3) is 0 Å². The molecular weight excluding hydrogens is 178 g/mol.